The topological polar surface area (TPSA) is 54.4 Å². The fourth-order valence-electron chi connectivity index (χ4n) is 6.21. The molecule has 0 saturated heterocycles. The normalized spacial score (nSPS) is 26.9. The van der Waals surface area contributed by atoms with Gasteiger partial charge in [-0.2, -0.15) is 0 Å². The van der Waals surface area contributed by atoms with Crippen LogP contribution in [0.1, 0.15) is 82.1 Å². The number of likely N-dealkylation sites (N-methyl/N-ethyl adjacent to an activating group) is 1. The third-order valence-corrected chi connectivity index (χ3v) is 9.78. The fourth-order valence-corrected chi connectivity index (χ4v) is 6.21. The maximum absolute atomic E-state index is 12.5. The van der Waals surface area contributed by atoms with E-state index in [9.17, 15) is 14.7 Å². The van der Waals surface area contributed by atoms with E-state index in [1.54, 1.807) is 0 Å². The first-order valence-electron chi connectivity index (χ1n) is 16.9. The minimum atomic E-state index is -0.894. The van der Waals surface area contributed by atoms with E-state index in [0.29, 0.717) is 17.9 Å². The molecular formula is C42H60NO3+. The van der Waals surface area contributed by atoms with Gasteiger partial charge in [0.25, 0.3) is 0 Å². The van der Waals surface area contributed by atoms with Crippen LogP contribution in [0.15, 0.2) is 118 Å². The number of aliphatic hydroxyl groups excluding tert-OH is 1. The zero-order chi connectivity index (χ0) is 34.8. The maximum atomic E-state index is 12.5. The van der Waals surface area contributed by atoms with Crippen molar-refractivity contribution in [1.29, 1.82) is 0 Å². The monoisotopic (exact) mass is 626 g/mol. The van der Waals surface area contributed by atoms with Gasteiger partial charge in [0.05, 0.1) is 32.1 Å². The molecule has 250 valence electrons. The number of nitrogens with zero attached hydrogens (tertiary/aromatic N) is 1. The molecule has 0 aromatic carbocycles. The second kappa shape index (κ2) is 17.5. The van der Waals surface area contributed by atoms with Crippen molar-refractivity contribution in [2.45, 2.75) is 88.2 Å². The summed E-state index contributed by atoms with van der Waals surface area (Å²) in [6, 6.07) is 0. The lowest BCUT2D eigenvalue weighted by molar-refractivity contribution is -0.853. The first-order chi connectivity index (χ1) is 21.5. The highest BCUT2D eigenvalue weighted by atomic mass is 16.3. The van der Waals surface area contributed by atoms with E-state index < -0.39 is 6.10 Å². The number of carbonyl (C=O) groups excluding carboxylic acids is 2. The van der Waals surface area contributed by atoms with Crippen molar-refractivity contribution in [1.82, 2.24) is 0 Å². The highest BCUT2D eigenvalue weighted by Crippen LogP contribution is 2.33. The van der Waals surface area contributed by atoms with Crippen LogP contribution in [-0.2, 0) is 9.59 Å². The molecule has 0 saturated carbocycles. The van der Waals surface area contributed by atoms with Crippen LogP contribution in [0.3, 0.4) is 0 Å². The van der Waals surface area contributed by atoms with E-state index in [-0.39, 0.29) is 29.3 Å². The predicted molar refractivity (Wildman–Crippen MR) is 196 cm³/mol. The molecule has 4 nitrogen and oxygen atoms in total. The molecule has 2 rings (SSSR count). The SMILES string of the molecule is CC(C=CC=C(C)C=CC1=C(C)C(=O)C(O)CC(C)C1C)=CC=CC=C(C)C(C)CC=C(C)C=CC1=C(C)C(=O)C(C)C[N+]1(C)C. The van der Waals surface area contributed by atoms with Crippen LogP contribution >= 0.6 is 0 Å². The number of allylic oxidation sites excluding steroid dienone is 18. The summed E-state index contributed by atoms with van der Waals surface area (Å²) in [6.07, 6.45) is 25.9. The number of hydrogen-bond donors (Lipinski definition) is 1. The summed E-state index contributed by atoms with van der Waals surface area (Å²) >= 11 is 0. The van der Waals surface area contributed by atoms with E-state index in [1.807, 2.05) is 32.9 Å². The summed E-state index contributed by atoms with van der Waals surface area (Å²) in [4.78, 5) is 25.0. The van der Waals surface area contributed by atoms with E-state index in [2.05, 4.69) is 123 Å². The van der Waals surface area contributed by atoms with Crippen molar-refractivity contribution in [3.05, 3.63) is 118 Å². The molecule has 5 unspecified atom stereocenters. The Morgan fingerprint density at radius 3 is 2.09 bits per heavy atom. The van der Waals surface area contributed by atoms with Gasteiger partial charge in [0.15, 0.2) is 11.6 Å². The van der Waals surface area contributed by atoms with Gasteiger partial charge in [0.1, 0.15) is 11.8 Å². The Hall–Kier alpha value is -3.34. The Morgan fingerprint density at radius 2 is 1.41 bits per heavy atom. The number of ketones is 2. The van der Waals surface area contributed by atoms with Gasteiger partial charge in [-0.1, -0.05) is 110 Å². The van der Waals surface area contributed by atoms with E-state index in [4.69, 9.17) is 0 Å². The number of carbonyl (C=O) groups is 2. The Balaban J connectivity index is 1.95. The molecule has 0 amide bonds. The second-order valence-corrected chi connectivity index (χ2v) is 14.3. The molecule has 0 aromatic heterocycles. The smallest absolute Gasteiger partial charge is 0.187 e. The van der Waals surface area contributed by atoms with Crippen LogP contribution in [0.5, 0.6) is 0 Å². The van der Waals surface area contributed by atoms with Gasteiger partial charge in [-0.15, -0.1) is 0 Å². The maximum Gasteiger partial charge on any atom is 0.187 e. The quantitative estimate of drug-likeness (QED) is 0.184. The lowest BCUT2D eigenvalue weighted by atomic mass is 9.86. The molecule has 0 fully saturated rings. The molecule has 0 aromatic rings. The molecule has 1 aliphatic carbocycles. The zero-order valence-electron chi connectivity index (χ0n) is 30.6. The van der Waals surface area contributed by atoms with E-state index in [1.165, 1.54) is 11.1 Å². The number of rotatable bonds is 11. The standard InChI is InChI=1S/C42H60NO3/c1-28(17-15-18-29(2)21-24-38-35(8)33(6)26-40(44)42(46)36(38)9)16-13-14-19-31(4)32(5)23-20-30(3)22-25-39-37(10)41(45)34(7)27-43(39,11)12/h13-22,24-25,32-35,40,44H,23,26-27H2,1-12H3/q+1. The summed E-state index contributed by atoms with van der Waals surface area (Å²) in [5.41, 5.74) is 8.48. The first kappa shape index (κ1) is 38.8. The number of quaternary nitrogens is 1. The highest BCUT2D eigenvalue weighted by molar-refractivity contribution is 5.99. The average molecular weight is 627 g/mol. The van der Waals surface area contributed by atoms with Gasteiger partial charge in [0.2, 0.25) is 0 Å². The Bertz CT molecular complexity index is 1450. The molecule has 1 heterocycles. The molecule has 2 aliphatic rings. The van der Waals surface area contributed by atoms with Gasteiger partial charge < -0.3 is 5.11 Å². The van der Waals surface area contributed by atoms with Crippen molar-refractivity contribution >= 4 is 11.6 Å². The third kappa shape index (κ3) is 11.2. The van der Waals surface area contributed by atoms with E-state index in [0.717, 1.165) is 45.4 Å². The number of hydrogen-bond acceptors (Lipinski definition) is 3. The highest BCUT2D eigenvalue weighted by Gasteiger charge is 2.36. The molecule has 46 heavy (non-hydrogen) atoms. The van der Waals surface area contributed by atoms with Gasteiger partial charge in [0, 0.05) is 0 Å². The van der Waals surface area contributed by atoms with Crippen LogP contribution in [-0.4, -0.2) is 47.9 Å². The van der Waals surface area contributed by atoms with Gasteiger partial charge in [-0.25, -0.2) is 0 Å². The van der Waals surface area contributed by atoms with E-state index >= 15 is 0 Å². The lowest BCUT2D eigenvalue weighted by Gasteiger charge is -2.37. The van der Waals surface area contributed by atoms with Crippen LogP contribution in [0, 0.1) is 23.7 Å². The Kier molecular flexibility index (Phi) is 14.8. The second-order valence-electron chi connectivity index (χ2n) is 14.3. The average Bonchev–Trinajstić information content (AvgIpc) is 3.05. The molecular weight excluding hydrogens is 566 g/mol. The third-order valence-electron chi connectivity index (χ3n) is 9.78. The summed E-state index contributed by atoms with van der Waals surface area (Å²) in [6.45, 7) is 21.6. The Morgan fingerprint density at radius 1 is 0.826 bits per heavy atom. The summed E-state index contributed by atoms with van der Waals surface area (Å²) < 4.78 is 0.735. The lowest BCUT2D eigenvalue weighted by Crippen LogP contribution is -2.48. The number of Topliss-reactive ketones (excluding diaryl/α,β-unsaturated/α-hetero) is 2. The fraction of sp³-hybridized carbons (Fsp3) is 0.476. The van der Waals surface area contributed by atoms with Crippen molar-refractivity contribution < 1.29 is 19.2 Å². The molecule has 1 N–H and O–H groups in total. The summed E-state index contributed by atoms with van der Waals surface area (Å²) in [7, 11) is 4.36. The summed E-state index contributed by atoms with van der Waals surface area (Å²) in [5, 5.41) is 10.2. The minimum Gasteiger partial charge on any atom is -0.385 e. The molecule has 5 atom stereocenters. The molecule has 4 heteroatoms. The molecule has 0 radical (unpaired) electrons. The number of aliphatic hydroxyl groups is 1. The van der Waals surface area contributed by atoms with Crippen LogP contribution in [0.4, 0.5) is 0 Å². The largest absolute Gasteiger partial charge is 0.385 e. The molecule has 0 spiro atoms. The van der Waals surface area contributed by atoms with Crippen molar-refractivity contribution in [2.24, 2.45) is 23.7 Å². The van der Waals surface area contributed by atoms with Crippen LogP contribution in [0.2, 0.25) is 0 Å². The van der Waals surface area contributed by atoms with Crippen molar-refractivity contribution in [3.8, 4) is 0 Å². The predicted octanol–water partition coefficient (Wildman–Crippen LogP) is 9.51. The van der Waals surface area contributed by atoms with Crippen molar-refractivity contribution in [2.75, 3.05) is 20.6 Å². The Labute approximate surface area is 280 Å². The van der Waals surface area contributed by atoms with Gasteiger partial charge >= 0.3 is 0 Å². The zero-order valence-corrected chi connectivity index (χ0v) is 30.6. The van der Waals surface area contributed by atoms with Gasteiger partial charge in [-0.3, -0.25) is 14.1 Å². The van der Waals surface area contributed by atoms with Crippen molar-refractivity contribution in [3.63, 3.8) is 0 Å². The van der Waals surface area contributed by atoms with Gasteiger partial charge in [-0.05, 0) is 96.3 Å². The molecule has 1 aliphatic heterocycles. The molecule has 0 bridgehead atoms. The first-order valence-corrected chi connectivity index (χ1v) is 16.9. The minimum absolute atomic E-state index is 0.0730. The van der Waals surface area contributed by atoms with Crippen LogP contribution < -0.4 is 0 Å². The summed E-state index contributed by atoms with van der Waals surface area (Å²) in [5.74, 6) is 1.09. The van der Waals surface area contributed by atoms with Crippen LogP contribution in [0.25, 0.3) is 0 Å².